The summed E-state index contributed by atoms with van der Waals surface area (Å²) in [5.41, 5.74) is 2.67. The van der Waals surface area contributed by atoms with Crippen LogP contribution in [0.3, 0.4) is 0 Å². The van der Waals surface area contributed by atoms with Gasteiger partial charge in [-0.05, 0) is 36.8 Å². The van der Waals surface area contributed by atoms with Gasteiger partial charge in [0.2, 0.25) is 5.75 Å². The highest BCUT2D eigenvalue weighted by molar-refractivity contribution is 6.03. The van der Waals surface area contributed by atoms with E-state index in [9.17, 15) is 9.18 Å². The molecule has 0 aliphatic heterocycles. The van der Waals surface area contributed by atoms with Crippen LogP contribution in [-0.2, 0) is 7.05 Å². The van der Waals surface area contributed by atoms with Crippen molar-refractivity contribution < 1.29 is 23.4 Å². The van der Waals surface area contributed by atoms with E-state index in [2.05, 4.69) is 10.4 Å². The van der Waals surface area contributed by atoms with E-state index in [1.165, 1.54) is 27.4 Å². The van der Waals surface area contributed by atoms with Gasteiger partial charge >= 0.3 is 0 Å². The van der Waals surface area contributed by atoms with E-state index in [0.717, 1.165) is 5.56 Å². The maximum atomic E-state index is 13.6. The number of aromatic nitrogens is 2. The SMILES string of the molecule is COc1cc(NC(=O)c2cc(-c3ccc(F)c(C)c3)n(C)n2)cc(OC)c1OC. The Hall–Kier alpha value is -3.55. The number of halogens is 1. The monoisotopic (exact) mass is 399 g/mol. The molecule has 0 saturated heterocycles. The minimum absolute atomic E-state index is 0.221. The van der Waals surface area contributed by atoms with Crippen LogP contribution in [-0.4, -0.2) is 37.0 Å². The molecule has 0 fully saturated rings. The van der Waals surface area contributed by atoms with Crippen LogP contribution in [0.15, 0.2) is 36.4 Å². The van der Waals surface area contributed by atoms with Crippen LogP contribution in [0.1, 0.15) is 16.1 Å². The molecule has 2 aromatic carbocycles. The zero-order chi connectivity index (χ0) is 21.1. The van der Waals surface area contributed by atoms with E-state index in [0.29, 0.717) is 34.2 Å². The zero-order valence-corrected chi connectivity index (χ0v) is 16.9. The normalized spacial score (nSPS) is 10.6. The van der Waals surface area contributed by atoms with Gasteiger partial charge in [-0.15, -0.1) is 0 Å². The second-order valence-corrected chi connectivity index (χ2v) is 6.37. The predicted molar refractivity (Wildman–Crippen MR) is 107 cm³/mol. The smallest absolute Gasteiger partial charge is 0.276 e. The summed E-state index contributed by atoms with van der Waals surface area (Å²) in [6, 6.07) is 9.68. The first kappa shape index (κ1) is 20.2. The summed E-state index contributed by atoms with van der Waals surface area (Å²) < 4.78 is 31.0. The van der Waals surface area contributed by atoms with E-state index in [-0.39, 0.29) is 11.5 Å². The summed E-state index contributed by atoms with van der Waals surface area (Å²) in [7, 11) is 6.23. The Balaban J connectivity index is 1.89. The van der Waals surface area contributed by atoms with Crippen molar-refractivity contribution in [1.29, 1.82) is 0 Å². The van der Waals surface area contributed by atoms with Gasteiger partial charge in [0.1, 0.15) is 5.82 Å². The first-order chi connectivity index (χ1) is 13.9. The summed E-state index contributed by atoms with van der Waals surface area (Å²) in [5.74, 6) is 0.590. The zero-order valence-electron chi connectivity index (χ0n) is 16.9. The lowest BCUT2D eigenvalue weighted by Gasteiger charge is -2.14. The number of aryl methyl sites for hydroxylation is 2. The van der Waals surface area contributed by atoms with Crippen LogP contribution in [0.25, 0.3) is 11.3 Å². The topological polar surface area (TPSA) is 74.6 Å². The maximum Gasteiger partial charge on any atom is 0.276 e. The van der Waals surface area contributed by atoms with Crippen molar-refractivity contribution in [1.82, 2.24) is 9.78 Å². The van der Waals surface area contributed by atoms with E-state index in [1.54, 1.807) is 49.0 Å². The Morgan fingerprint density at radius 1 is 1.03 bits per heavy atom. The molecule has 3 aromatic rings. The first-order valence-corrected chi connectivity index (χ1v) is 8.79. The van der Waals surface area contributed by atoms with E-state index in [4.69, 9.17) is 14.2 Å². The first-order valence-electron chi connectivity index (χ1n) is 8.79. The second kappa shape index (κ2) is 8.22. The lowest BCUT2D eigenvalue weighted by molar-refractivity contribution is 0.102. The molecule has 0 aliphatic rings. The van der Waals surface area contributed by atoms with Crippen LogP contribution in [0.4, 0.5) is 10.1 Å². The molecule has 1 amide bonds. The van der Waals surface area contributed by atoms with Crippen LogP contribution < -0.4 is 19.5 Å². The number of anilines is 1. The number of methoxy groups -OCH3 is 3. The largest absolute Gasteiger partial charge is 0.493 e. The molecule has 0 atom stereocenters. The third kappa shape index (κ3) is 4.01. The van der Waals surface area contributed by atoms with Crippen molar-refractivity contribution in [3.63, 3.8) is 0 Å². The van der Waals surface area contributed by atoms with Gasteiger partial charge in [0.25, 0.3) is 5.91 Å². The average Bonchev–Trinajstić information content (AvgIpc) is 3.11. The van der Waals surface area contributed by atoms with Crippen molar-refractivity contribution in [2.24, 2.45) is 7.05 Å². The average molecular weight is 399 g/mol. The van der Waals surface area contributed by atoms with Crippen LogP contribution >= 0.6 is 0 Å². The van der Waals surface area contributed by atoms with E-state index < -0.39 is 5.91 Å². The highest BCUT2D eigenvalue weighted by Gasteiger charge is 2.18. The standard InChI is InChI=1S/C21H22FN3O4/c1-12-8-13(6-7-15(12)22)17-11-16(24-25(17)2)21(26)23-14-9-18(27-3)20(29-5)19(10-14)28-4/h6-11H,1-5H3,(H,23,26). The molecule has 29 heavy (non-hydrogen) atoms. The Morgan fingerprint density at radius 2 is 1.69 bits per heavy atom. The van der Waals surface area contributed by atoms with Crippen molar-refractivity contribution in [2.75, 3.05) is 26.6 Å². The summed E-state index contributed by atoms with van der Waals surface area (Å²) in [4.78, 5) is 12.7. The van der Waals surface area contributed by atoms with Gasteiger partial charge in [0.15, 0.2) is 17.2 Å². The molecule has 1 heterocycles. The molecule has 8 heteroatoms. The molecular weight excluding hydrogens is 377 g/mol. The van der Waals surface area contributed by atoms with Crippen molar-refractivity contribution in [3.05, 3.63) is 53.5 Å². The third-order valence-electron chi connectivity index (χ3n) is 4.49. The van der Waals surface area contributed by atoms with Crippen LogP contribution in [0.2, 0.25) is 0 Å². The Labute approximate surface area is 168 Å². The number of benzene rings is 2. The molecule has 7 nitrogen and oxygen atoms in total. The minimum Gasteiger partial charge on any atom is -0.493 e. The van der Waals surface area contributed by atoms with Gasteiger partial charge in [-0.2, -0.15) is 5.10 Å². The van der Waals surface area contributed by atoms with Gasteiger partial charge in [-0.1, -0.05) is 0 Å². The quantitative estimate of drug-likeness (QED) is 0.682. The number of rotatable bonds is 6. The number of hydrogen-bond acceptors (Lipinski definition) is 5. The number of ether oxygens (including phenoxy) is 3. The van der Waals surface area contributed by atoms with Crippen LogP contribution in [0, 0.1) is 12.7 Å². The van der Waals surface area contributed by atoms with Crippen molar-refractivity contribution in [2.45, 2.75) is 6.92 Å². The number of nitrogens with zero attached hydrogens (tertiary/aromatic N) is 2. The highest BCUT2D eigenvalue weighted by atomic mass is 19.1. The molecule has 1 aromatic heterocycles. The fourth-order valence-electron chi connectivity index (χ4n) is 3.00. The summed E-state index contributed by atoms with van der Waals surface area (Å²) in [5, 5.41) is 7.06. The molecule has 0 spiro atoms. The number of carbonyl (C=O) groups is 1. The summed E-state index contributed by atoms with van der Waals surface area (Å²) >= 11 is 0. The lowest BCUT2D eigenvalue weighted by Crippen LogP contribution is -2.13. The summed E-state index contributed by atoms with van der Waals surface area (Å²) in [6.07, 6.45) is 0. The molecule has 0 unspecified atom stereocenters. The molecule has 0 bridgehead atoms. The Bertz CT molecular complexity index is 1040. The van der Waals surface area contributed by atoms with Crippen molar-refractivity contribution in [3.8, 4) is 28.5 Å². The fourth-order valence-corrected chi connectivity index (χ4v) is 3.00. The third-order valence-corrected chi connectivity index (χ3v) is 4.49. The van der Waals surface area contributed by atoms with Crippen LogP contribution in [0.5, 0.6) is 17.2 Å². The summed E-state index contributed by atoms with van der Waals surface area (Å²) in [6.45, 7) is 1.69. The second-order valence-electron chi connectivity index (χ2n) is 6.37. The maximum absolute atomic E-state index is 13.6. The van der Waals surface area contributed by atoms with Gasteiger partial charge in [-0.25, -0.2) is 4.39 Å². The van der Waals surface area contributed by atoms with Gasteiger partial charge in [0.05, 0.1) is 27.0 Å². The van der Waals surface area contributed by atoms with Gasteiger partial charge < -0.3 is 19.5 Å². The molecule has 1 N–H and O–H groups in total. The van der Waals surface area contributed by atoms with E-state index in [1.807, 2.05) is 0 Å². The molecule has 0 radical (unpaired) electrons. The van der Waals surface area contributed by atoms with Crippen molar-refractivity contribution >= 4 is 11.6 Å². The minimum atomic E-state index is -0.403. The van der Waals surface area contributed by atoms with Gasteiger partial charge in [-0.3, -0.25) is 9.48 Å². The Morgan fingerprint density at radius 3 is 2.24 bits per heavy atom. The molecule has 152 valence electrons. The molecule has 3 rings (SSSR count). The number of nitrogens with one attached hydrogen (secondary N) is 1. The molecule has 0 saturated carbocycles. The number of carbonyl (C=O) groups excluding carboxylic acids is 1. The Kier molecular flexibility index (Phi) is 5.72. The predicted octanol–water partition coefficient (Wildman–Crippen LogP) is 3.81. The highest BCUT2D eigenvalue weighted by Crippen LogP contribution is 2.40. The van der Waals surface area contributed by atoms with E-state index >= 15 is 0 Å². The van der Waals surface area contributed by atoms with Gasteiger partial charge in [0, 0.05) is 30.4 Å². The molecule has 0 aliphatic carbocycles. The molecular formula is C21H22FN3O4. The number of hydrogen-bond donors (Lipinski definition) is 1. The number of amides is 1. The lowest BCUT2D eigenvalue weighted by atomic mass is 10.1. The fraction of sp³-hybridized carbons (Fsp3) is 0.238.